The molecule has 0 amide bonds. The quantitative estimate of drug-likeness (QED) is 0.843. The summed E-state index contributed by atoms with van der Waals surface area (Å²) in [5, 5.41) is 7.08. The summed E-state index contributed by atoms with van der Waals surface area (Å²) in [6.45, 7) is 18.1. The van der Waals surface area contributed by atoms with Crippen molar-refractivity contribution in [3.05, 3.63) is 28.1 Å². The van der Waals surface area contributed by atoms with E-state index in [0.717, 1.165) is 12.2 Å². The fourth-order valence-electron chi connectivity index (χ4n) is 3.04. The van der Waals surface area contributed by atoms with Gasteiger partial charge in [0.15, 0.2) is 0 Å². The molecule has 3 nitrogen and oxygen atoms in total. The molecule has 0 saturated carbocycles. The zero-order valence-corrected chi connectivity index (χ0v) is 14.3. The Balaban J connectivity index is 0.000000200. The highest BCUT2D eigenvalue weighted by Gasteiger charge is 2.14. The van der Waals surface area contributed by atoms with Crippen molar-refractivity contribution in [2.75, 3.05) is 6.54 Å². The first-order chi connectivity index (χ1) is 9.25. The summed E-state index contributed by atoms with van der Waals surface area (Å²) >= 11 is 0. The molecular weight excluding hydrogens is 246 g/mol. The van der Waals surface area contributed by atoms with Gasteiger partial charge in [0.1, 0.15) is 0 Å². The molecular formula is C17H29N3. The molecule has 2 heterocycles. The smallest absolute Gasteiger partial charge is 0.0628 e. The molecule has 1 aromatic rings. The Hall–Kier alpha value is -1.38. The predicted octanol–water partition coefficient (Wildman–Crippen LogP) is 4.58. The number of allylic oxidation sites excluding steroid dienone is 1. The van der Waals surface area contributed by atoms with Gasteiger partial charge in [-0.2, -0.15) is 5.10 Å². The fraction of sp³-hybridized carbons (Fsp3) is 0.647. The monoisotopic (exact) mass is 275 g/mol. The molecule has 2 rings (SSSR count). The molecule has 0 bridgehead atoms. The van der Waals surface area contributed by atoms with E-state index in [0.29, 0.717) is 11.8 Å². The highest BCUT2D eigenvalue weighted by Crippen LogP contribution is 2.21. The van der Waals surface area contributed by atoms with E-state index in [4.69, 9.17) is 0 Å². The normalized spacial score (nSPS) is 14.8. The lowest BCUT2D eigenvalue weighted by molar-refractivity contribution is 0.795. The Labute approximate surface area is 123 Å². The minimum atomic E-state index is 0.582. The van der Waals surface area contributed by atoms with Crippen molar-refractivity contribution in [1.82, 2.24) is 10.2 Å². The molecule has 3 heteroatoms. The average molecular weight is 275 g/mol. The van der Waals surface area contributed by atoms with Gasteiger partial charge in [-0.3, -0.25) is 10.1 Å². The second kappa shape index (κ2) is 6.87. The van der Waals surface area contributed by atoms with Gasteiger partial charge in [-0.15, -0.1) is 0 Å². The number of nitrogens with one attached hydrogen (secondary N) is 1. The first-order valence-electron chi connectivity index (χ1n) is 7.48. The minimum absolute atomic E-state index is 0.582. The van der Waals surface area contributed by atoms with Crippen LogP contribution in [-0.4, -0.2) is 22.5 Å². The Kier molecular flexibility index (Phi) is 5.73. The summed E-state index contributed by atoms with van der Waals surface area (Å²) in [5.41, 5.74) is 7.86. The molecule has 0 fully saturated rings. The predicted molar refractivity (Wildman–Crippen MR) is 87.7 cm³/mol. The maximum Gasteiger partial charge on any atom is 0.0628 e. The van der Waals surface area contributed by atoms with Crippen LogP contribution in [0.3, 0.4) is 0 Å². The average Bonchev–Trinajstić information content (AvgIpc) is 2.83. The summed E-state index contributed by atoms with van der Waals surface area (Å²) in [4.78, 5) is 4.36. The summed E-state index contributed by atoms with van der Waals surface area (Å²) in [5.74, 6) is 1.23. The lowest BCUT2D eigenvalue weighted by Gasteiger charge is -2.07. The van der Waals surface area contributed by atoms with Crippen molar-refractivity contribution in [2.45, 2.75) is 61.3 Å². The molecule has 1 aliphatic rings. The lowest BCUT2D eigenvalue weighted by Crippen LogP contribution is -2.02. The van der Waals surface area contributed by atoms with E-state index in [1.54, 1.807) is 0 Å². The van der Waals surface area contributed by atoms with Crippen LogP contribution < -0.4 is 0 Å². The second-order valence-corrected chi connectivity index (χ2v) is 6.25. The van der Waals surface area contributed by atoms with Gasteiger partial charge in [-0.25, -0.2) is 0 Å². The molecule has 1 aliphatic heterocycles. The Morgan fingerprint density at radius 1 is 0.950 bits per heavy atom. The number of hydrogen-bond donors (Lipinski definition) is 1. The van der Waals surface area contributed by atoms with Crippen molar-refractivity contribution >= 4 is 5.71 Å². The van der Waals surface area contributed by atoms with Crippen LogP contribution in [0.2, 0.25) is 0 Å². The van der Waals surface area contributed by atoms with Crippen LogP contribution in [0.5, 0.6) is 0 Å². The second-order valence-electron chi connectivity index (χ2n) is 6.25. The maximum atomic E-state index is 4.36. The first-order valence-corrected chi connectivity index (χ1v) is 7.48. The maximum absolute atomic E-state index is 4.36. The molecule has 0 aliphatic carbocycles. The number of hydrogen-bond acceptors (Lipinski definition) is 2. The van der Waals surface area contributed by atoms with Gasteiger partial charge in [0.05, 0.1) is 12.2 Å². The molecule has 0 unspecified atom stereocenters. The SMILES string of the molecule is CC1=NCC(C)=C1C(C)C.Cc1n[nH]c(C)c1C(C)C. The van der Waals surface area contributed by atoms with Crippen LogP contribution >= 0.6 is 0 Å². The molecule has 0 spiro atoms. The summed E-state index contributed by atoms with van der Waals surface area (Å²) in [6, 6.07) is 0. The van der Waals surface area contributed by atoms with Gasteiger partial charge in [0.25, 0.3) is 0 Å². The third-order valence-electron chi connectivity index (χ3n) is 3.74. The zero-order valence-electron chi connectivity index (χ0n) is 14.3. The summed E-state index contributed by atoms with van der Waals surface area (Å²) in [6.07, 6.45) is 0. The highest BCUT2D eigenvalue weighted by atomic mass is 15.1. The van der Waals surface area contributed by atoms with E-state index in [-0.39, 0.29) is 0 Å². The van der Waals surface area contributed by atoms with E-state index in [1.807, 2.05) is 6.92 Å². The van der Waals surface area contributed by atoms with Gasteiger partial charge in [-0.1, -0.05) is 27.7 Å². The van der Waals surface area contributed by atoms with Crippen LogP contribution in [0.1, 0.15) is 64.4 Å². The molecule has 0 saturated heterocycles. The van der Waals surface area contributed by atoms with Crippen LogP contribution in [0, 0.1) is 19.8 Å². The Morgan fingerprint density at radius 2 is 1.55 bits per heavy atom. The topological polar surface area (TPSA) is 41.0 Å². The molecule has 0 atom stereocenters. The van der Waals surface area contributed by atoms with Gasteiger partial charge < -0.3 is 0 Å². The Bertz CT molecular complexity index is 497. The van der Waals surface area contributed by atoms with Crippen LogP contribution in [0.15, 0.2) is 16.1 Å². The third-order valence-corrected chi connectivity index (χ3v) is 3.74. The lowest BCUT2D eigenvalue weighted by atomic mass is 9.96. The summed E-state index contributed by atoms with van der Waals surface area (Å²) in [7, 11) is 0. The number of aromatic amines is 1. The Morgan fingerprint density at radius 3 is 1.75 bits per heavy atom. The van der Waals surface area contributed by atoms with Crippen LogP contribution in [0.25, 0.3) is 0 Å². The first kappa shape index (κ1) is 16.7. The van der Waals surface area contributed by atoms with Crippen molar-refractivity contribution in [3.8, 4) is 0 Å². The van der Waals surface area contributed by atoms with Gasteiger partial charge in [0.2, 0.25) is 0 Å². The van der Waals surface area contributed by atoms with E-state index >= 15 is 0 Å². The largest absolute Gasteiger partial charge is 0.285 e. The fourth-order valence-corrected chi connectivity index (χ4v) is 3.04. The van der Waals surface area contributed by atoms with Gasteiger partial charge in [0, 0.05) is 11.4 Å². The zero-order chi connectivity index (χ0) is 15.4. The van der Waals surface area contributed by atoms with E-state index in [9.17, 15) is 0 Å². The third kappa shape index (κ3) is 3.81. The number of H-pyrrole nitrogens is 1. The van der Waals surface area contributed by atoms with Crippen molar-refractivity contribution in [2.24, 2.45) is 10.9 Å². The number of aryl methyl sites for hydroxylation is 2. The number of aromatic nitrogens is 2. The van der Waals surface area contributed by atoms with Crippen LogP contribution in [0.4, 0.5) is 0 Å². The van der Waals surface area contributed by atoms with E-state index in [2.05, 4.69) is 63.7 Å². The summed E-state index contributed by atoms with van der Waals surface area (Å²) < 4.78 is 0. The van der Waals surface area contributed by atoms with Gasteiger partial charge in [-0.05, 0) is 56.2 Å². The number of nitrogens with zero attached hydrogens (tertiary/aromatic N) is 2. The van der Waals surface area contributed by atoms with E-state index in [1.165, 1.54) is 28.1 Å². The highest BCUT2D eigenvalue weighted by molar-refractivity contribution is 6.01. The van der Waals surface area contributed by atoms with Crippen molar-refractivity contribution in [1.29, 1.82) is 0 Å². The van der Waals surface area contributed by atoms with E-state index < -0.39 is 0 Å². The number of rotatable bonds is 2. The molecule has 1 aromatic heterocycles. The molecule has 20 heavy (non-hydrogen) atoms. The van der Waals surface area contributed by atoms with Crippen molar-refractivity contribution in [3.63, 3.8) is 0 Å². The standard InChI is InChI=1S/C9H15N.C8H14N2/c1-6(2)9-7(3)5-10-8(9)4;1-5(2)8-6(3)9-10-7(8)4/h6H,5H2,1-4H3;5H,1-4H3,(H,9,10). The molecule has 112 valence electrons. The van der Waals surface area contributed by atoms with Crippen LogP contribution in [-0.2, 0) is 0 Å². The van der Waals surface area contributed by atoms with Gasteiger partial charge >= 0.3 is 0 Å². The minimum Gasteiger partial charge on any atom is -0.285 e. The number of aliphatic imine (C=N–C) groups is 1. The molecule has 0 radical (unpaired) electrons. The molecule has 1 N–H and O–H groups in total. The van der Waals surface area contributed by atoms with Crippen molar-refractivity contribution < 1.29 is 0 Å². The molecule has 0 aromatic carbocycles.